The molecule has 1 saturated heterocycles. The zero-order valence-electron chi connectivity index (χ0n) is 11.4. The van der Waals surface area contributed by atoms with E-state index < -0.39 is 0 Å². The summed E-state index contributed by atoms with van der Waals surface area (Å²) in [5.74, 6) is 0.365. The van der Waals surface area contributed by atoms with Crippen molar-refractivity contribution in [3.8, 4) is 0 Å². The molecule has 2 rings (SSSR count). The molecule has 0 spiro atoms. The Morgan fingerprint density at radius 1 is 1.17 bits per heavy atom. The predicted octanol–water partition coefficient (Wildman–Crippen LogP) is 2.12. The molecule has 1 heterocycles. The summed E-state index contributed by atoms with van der Waals surface area (Å²) in [6, 6.07) is 0.492. The minimum Gasteiger partial charge on any atom is -0.393 e. The number of hydrogen-bond acceptors (Lipinski definition) is 2. The Bertz CT molecular complexity index is 267. The van der Waals surface area contributed by atoms with Crippen molar-refractivity contribution in [2.75, 3.05) is 13.1 Å². The number of piperidine rings is 1. The Kier molecular flexibility index (Phi) is 4.87. The van der Waals surface area contributed by atoms with Gasteiger partial charge >= 0.3 is 6.03 Å². The second kappa shape index (κ2) is 6.41. The van der Waals surface area contributed by atoms with E-state index in [2.05, 4.69) is 5.32 Å². The van der Waals surface area contributed by atoms with Crippen LogP contribution in [0.15, 0.2) is 0 Å². The quantitative estimate of drug-likeness (QED) is 0.793. The van der Waals surface area contributed by atoms with Gasteiger partial charge in [-0.25, -0.2) is 4.79 Å². The topological polar surface area (TPSA) is 52.6 Å². The van der Waals surface area contributed by atoms with Crippen molar-refractivity contribution in [1.82, 2.24) is 10.2 Å². The SMILES string of the molecule is CC(O)C1CCN(C(=O)NC2CCCCC2)CC1. The van der Waals surface area contributed by atoms with Gasteiger partial charge in [-0.15, -0.1) is 0 Å². The maximum Gasteiger partial charge on any atom is 0.317 e. The maximum absolute atomic E-state index is 12.1. The van der Waals surface area contributed by atoms with Crippen molar-refractivity contribution in [1.29, 1.82) is 0 Å². The maximum atomic E-state index is 12.1. The lowest BCUT2D eigenvalue weighted by Gasteiger charge is -2.34. The number of aliphatic hydroxyl groups is 1. The van der Waals surface area contributed by atoms with Crippen molar-refractivity contribution in [3.05, 3.63) is 0 Å². The fourth-order valence-corrected chi connectivity index (χ4v) is 3.10. The largest absolute Gasteiger partial charge is 0.393 e. The summed E-state index contributed by atoms with van der Waals surface area (Å²) in [6.45, 7) is 3.42. The first-order valence-corrected chi connectivity index (χ1v) is 7.40. The monoisotopic (exact) mass is 254 g/mol. The third-order valence-corrected chi connectivity index (χ3v) is 4.44. The molecule has 2 N–H and O–H groups in total. The van der Waals surface area contributed by atoms with Crippen LogP contribution in [0.2, 0.25) is 0 Å². The molecule has 4 heteroatoms. The molecule has 104 valence electrons. The summed E-state index contributed by atoms with van der Waals surface area (Å²) in [5.41, 5.74) is 0. The zero-order chi connectivity index (χ0) is 13.0. The Balaban J connectivity index is 1.73. The van der Waals surface area contributed by atoms with Crippen molar-refractivity contribution in [2.45, 2.75) is 64.0 Å². The number of carbonyl (C=O) groups excluding carboxylic acids is 1. The number of nitrogens with one attached hydrogen (secondary N) is 1. The second-order valence-electron chi connectivity index (χ2n) is 5.85. The van der Waals surface area contributed by atoms with Crippen LogP contribution in [0.4, 0.5) is 4.79 Å². The van der Waals surface area contributed by atoms with Crippen molar-refractivity contribution in [2.24, 2.45) is 5.92 Å². The van der Waals surface area contributed by atoms with Crippen LogP contribution < -0.4 is 5.32 Å². The molecule has 4 nitrogen and oxygen atoms in total. The molecule has 0 aromatic heterocycles. The first-order chi connectivity index (χ1) is 8.66. The highest BCUT2D eigenvalue weighted by Gasteiger charge is 2.26. The van der Waals surface area contributed by atoms with Crippen LogP contribution in [-0.4, -0.2) is 41.3 Å². The average molecular weight is 254 g/mol. The fourth-order valence-electron chi connectivity index (χ4n) is 3.10. The minimum absolute atomic E-state index is 0.103. The molecule has 0 aromatic carbocycles. The molecule has 0 aromatic rings. The summed E-state index contributed by atoms with van der Waals surface area (Å²) >= 11 is 0. The Labute approximate surface area is 110 Å². The van der Waals surface area contributed by atoms with Gasteiger partial charge < -0.3 is 15.3 Å². The lowest BCUT2D eigenvalue weighted by atomic mass is 9.92. The number of likely N-dealkylation sites (tertiary alicyclic amines) is 1. The number of aliphatic hydroxyl groups excluding tert-OH is 1. The number of nitrogens with zero attached hydrogens (tertiary/aromatic N) is 1. The number of hydrogen-bond donors (Lipinski definition) is 2. The van der Waals surface area contributed by atoms with Gasteiger partial charge in [0, 0.05) is 19.1 Å². The normalized spacial score (nSPS) is 24.9. The first-order valence-electron chi connectivity index (χ1n) is 7.40. The van der Waals surface area contributed by atoms with Gasteiger partial charge in [0.2, 0.25) is 0 Å². The predicted molar refractivity (Wildman–Crippen MR) is 71.4 cm³/mol. The lowest BCUT2D eigenvalue weighted by Crippen LogP contribution is -2.49. The average Bonchev–Trinajstić information content (AvgIpc) is 2.40. The number of urea groups is 1. The Morgan fingerprint density at radius 2 is 1.78 bits per heavy atom. The van der Waals surface area contributed by atoms with E-state index in [0.29, 0.717) is 12.0 Å². The van der Waals surface area contributed by atoms with Gasteiger partial charge in [-0.2, -0.15) is 0 Å². The van der Waals surface area contributed by atoms with E-state index in [1.165, 1.54) is 19.3 Å². The smallest absolute Gasteiger partial charge is 0.317 e. The molecule has 1 aliphatic carbocycles. The molecule has 1 saturated carbocycles. The fraction of sp³-hybridized carbons (Fsp3) is 0.929. The van der Waals surface area contributed by atoms with E-state index in [1.807, 2.05) is 11.8 Å². The van der Waals surface area contributed by atoms with Gasteiger partial charge in [-0.05, 0) is 38.5 Å². The standard InChI is InChI=1S/C14H26N2O2/c1-11(17)12-7-9-16(10-8-12)14(18)15-13-5-3-2-4-6-13/h11-13,17H,2-10H2,1H3,(H,15,18). The van der Waals surface area contributed by atoms with Gasteiger partial charge in [0.05, 0.1) is 6.10 Å². The minimum atomic E-state index is -0.242. The highest BCUT2D eigenvalue weighted by Crippen LogP contribution is 2.21. The number of carbonyl (C=O) groups is 1. The van der Waals surface area contributed by atoms with Gasteiger partial charge in [0.1, 0.15) is 0 Å². The van der Waals surface area contributed by atoms with Crippen LogP contribution >= 0.6 is 0 Å². The van der Waals surface area contributed by atoms with Crippen LogP contribution in [0, 0.1) is 5.92 Å². The lowest BCUT2D eigenvalue weighted by molar-refractivity contribution is 0.0790. The zero-order valence-corrected chi connectivity index (χ0v) is 11.4. The van der Waals surface area contributed by atoms with Crippen molar-refractivity contribution in [3.63, 3.8) is 0 Å². The summed E-state index contributed by atoms with van der Waals surface area (Å²) in [6.07, 6.45) is 7.68. The molecule has 1 aliphatic heterocycles. The van der Waals surface area contributed by atoms with E-state index in [1.54, 1.807) is 0 Å². The molecule has 0 bridgehead atoms. The number of amides is 2. The van der Waals surface area contributed by atoms with E-state index >= 15 is 0 Å². The van der Waals surface area contributed by atoms with E-state index in [9.17, 15) is 9.90 Å². The van der Waals surface area contributed by atoms with Crippen LogP contribution in [0.5, 0.6) is 0 Å². The van der Waals surface area contributed by atoms with Gasteiger partial charge in [0.15, 0.2) is 0 Å². The molecular formula is C14H26N2O2. The molecule has 1 unspecified atom stereocenters. The van der Waals surface area contributed by atoms with Crippen molar-refractivity contribution < 1.29 is 9.90 Å². The highest BCUT2D eigenvalue weighted by atomic mass is 16.3. The van der Waals surface area contributed by atoms with E-state index in [-0.39, 0.29) is 12.1 Å². The van der Waals surface area contributed by atoms with E-state index in [0.717, 1.165) is 38.8 Å². The second-order valence-corrected chi connectivity index (χ2v) is 5.85. The number of rotatable bonds is 2. The van der Waals surface area contributed by atoms with E-state index in [4.69, 9.17) is 0 Å². The summed E-state index contributed by atoms with van der Waals surface area (Å²) in [4.78, 5) is 14.0. The molecule has 18 heavy (non-hydrogen) atoms. The van der Waals surface area contributed by atoms with Gasteiger partial charge in [-0.1, -0.05) is 19.3 Å². The van der Waals surface area contributed by atoms with Crippen LogP contribution in [0.25, 0.3) is 0 Å². The van der Waals surface area contributed by atoms with Crippen LogP contribution in [-0.2, 0) is 0 Å². The molecule has 2 aliphatic rings. The Morgan fingerprint density at radius 3 is 2.33 bits per heavy atom. The summed E-state index contributed by atoms with van der Waals surface area (Å²) in [5, 5.41) is 12.7. The van der Waals surface area contributed by atoms with Gasteiger partial charge in [0.25, 0.3) is 0 Å². The van der Waals surface area contributed by atoms with Crippen molar-refractivity contribution >= 4 is 6.03 Å². The molecule has 0 radical (unpaired) electrons. The van der Waals surface area contributed by atoms with Crippen LogP contribution in [0.1, 0.15) is 51.9 Å². The molecule has 1 atom stereocenters. The molecule has 2 fully saturated rings. The molecular weight excluding hydrogens is 228 g/mol. The summed E-state index contributed by atoms with van der Waals surface area (Å²) in [7, 11) is 0. The van der Waals surface area contributed by atoms with Crippen LogP contribution in [0.3, 0.4) is 0 Å². The third-order valence-electron chi connectivity index (χ3n) is 4.44. The third kappa shape index (κ3) is 3.61. The molecule has 2 amide bonds. The Hall–Kier alpha value is -0.770. The first kappa shape index (κ1) is 13.7. The highest BCUT2D eigenvalue weighted by molar-refractivity contribution is 5.74. The van der Waals surface area contributed by atoms with Gasteiger partial charge in [-0.3, -0.25) is 0 Å². The summed E-state index contributed by atoms with van der Waals surface area (Å²) < 4.78 is 0.